The Morgan fingerprint density at radius 2 is 1.96 bits per heavy atom. The fourth-order valence-corrected chi connectivity index (χ4v) is 2.26. The minimum Gasteiger partial charge on any atom is -0.373 e. The molecule has 0 unspecified atom stereocenters. The second kappa shape index (κ2) is 7.60. The molecule has 2 aromatic carbocycles. The average molecular weight is 334 g/mol. The maximum absolute atomic E-state index is 12.1. The van der Waals surface area contributed by atoms with E-state index in [1.165, 1.54) is 18.2 Å². The number of anilines is 1. The quantitative estimate of drug-likeness (QED) is 0.651. The van der Waals surface area contributed by atoms with Gasteiger partial charge in [-0.05, 0) is 24.3 Å². The highest BCUT2D eigenvalue weighted by molar-refractivity contribution is 6.31. The van der Waals surface area contributed by atoms with E-state index in [1.54, 1.807) is 0 Å². The molecule has 1 amide bonds. The van der Waals surface area contributed by atoms with Crippen LogP contribution in [0.5, 0.6) is 0 Å². The summed E-state index contributed by atoms with van der Waals surface area (Å²) in [5, 5.41) is 13.9. The van der Waals surface area contributed by atoms with Crippen LogP contribution in [0, 0.1) is 10.1 Å². The third kappa shape index (κ3) is 4.43. The van der Waals surface area contributed by atoms with Crippen LogP contribution in [0.15, 0.2) is 48.5 Å². The zero-order valence-corrected chi connectivity index (χ0v) is 13.3. The molecule has 0 heterocycles. The van der Waals surface area contributed by atoms with E-state index in [-0.39, 0.29) is 16.3 Å². The third-order valence-electron chi connectivity index (χ3n) is 3.33. The fourth-order valence-electron chi connectivity index (χ4n) is 2.09. The second-order valence-electron chi connectivity index (χ2n) is 4.93. The Morgan fingerprint density at radius 3 is 2.61 bits per heavy atom. The summed E-state index contributed by atoms with van der Waals surface area (Å²) in [4.78, 5) is 24.5. The molecule has 0 spiro atoms. The molecule has 0 saturated carbocycles. The molecule has 0 radical (unpaired) electrons. The van der Waals surface area contributed by atoms with Crippen molar-refractivity contribution < 1.29 is 9.72 Å². The van der Waals surface area contributed by atoms with Crippen LogP contribution >= 0.6 is 11.6 Å². The van der Waals surface area contributed by atoms with E-state index in [2.05, 4.69) is 5.32 Å². The van der Waals surface area contributed by atoms with Crippen LogP contribution in [0.1, 0.15) is 10.4 Å². The molecular formula is C16H16ClN3O3. The van der Waals surface area contributed by atoms with Gasteiger partial charge < -0.3 is 10.2 Å². The van der Waals surface area contributed by atoms with Gasteiger partial charge in [0, 0.05) is 36.9 Å². The number of nitrogens with zero attached hydrogens (tertiary/aromatic N) is 2. The van der Waals surface area contributed by atoms with Crippen LogP contribution in [-0.2, 0) is 0 Å². The summed E-state index contributed by atoms with van der Waals surface area (Å²) in [5.74, 6) is -0.491. The van der Waals surface area contributed by atoms with E-state index < -0.39 is 10.8 Å². The van der Waals surface area contributed by atoms with Crippen molar-refractivity contribution in [3.63, 3.8) is 0 Å². The van der Waals surface area contributed by atoms with Gasteiger partial charge in [-0.2, -0.15) is 0 Å². The largest absolute Gasteiger partial charge is 0.373 e. The van der Waals surface area contributed by atoms with Crippen LogP contribution in [0.2, 0.25) is 5.02 Å². The van der Waals surface area contributed by atoms with E-state index >= 15 is 0 Å². The highest BCUT2D eigenvalue weighted by atomic mass is 35.5. The Kier molecular flexibility index (Phi) is 5.54. The number of carbonyl (C=O) groups is 1. The lowest BCUT2D eigenvalue weighted by molar-refractivity contribution is -0.385. The Hall–Kier alpha value is -2.60. The van der Waals surface area contributed by atoms with Crippen molar-refractivity contribution in [3.8, 4) is 0 Å². The summed E-state index contributed by atoms with van der Waals surface area (Å²) < 4.78 is 0. The number of amides is 1. The van der Waals surface area contributed by atoms with Gasteiger partial charge >= 0.3 is 0 Å². The lowest BCUT2D eigenvalue weighted by Gasteiger charge is -2.19. The first-order valence-electron chi connectivity index (χ1n) is 6.97. The number of nitro groups is 1. The predicted octanol–water partition coefficient (Wildman–Crippen LogP) is 3.11. The molecule has 2 rings (SSSR count). The smallest absolute Gasteiger partial charge is 0.283 e. The molecule has 0 aliphatic rings. The normalized spacial score (nSPS) is 10.2. The first kappa shape index (κ1) is 16.8. The van der Waals surface area contributed by atoms with E-state index in [4.69, 9.17) is 11.6 Å². The number of likely N-dealkylation sites (N-methyl/N-ethyl adjacent to an activating group) is 1. The maximum atomic E-state index is 12.1. The number of para-hydroxylation sites is 1. The van der Waals surface area contributed by atoms with Crippen LogP contribution in [0.25, 0.3) is 0 Å². The molecule has 120 valence electrons. The van der Waals surface area contributed by atoms with E-state index in [0.717, 1.165) is 5.69 Å². The van der Waals surface area contributed by atoms with Crippen LogP contribution < -0.4 is 10.2 Å². The minimum absolute atomic E-state index is 0.00163. The molecule has 2 aromatic rings. The molecule has 0 bridgehead atoms. The highest BCUT2D eigenvalue weighted by Gasteiger charge is 2.20. The summed E-state index contributed by atoms with van der Waals surface area (Å²) >= 11 is 5.74. The lowest BCUT2D eigenvalue weighted by Crippen LogP contribution is -2.33. The number of rotatable bonds is 6. The van der Waals surface area contributed by atoms with Gasteiger partial charge in [0.15, 0.2) is 0 Å². The van der Waals surface area contributed by atoms with Crippen molar-refractivity contribution in [2.45, 2.75) is 0 Å². The molecule has 0 saturated heterocycles. The summed E-state index contributed by atoms with van der Waals surface area (Å²) in [6.45, 7) is 0.946. The number of benzene rings is 2. The van der Waals surface area contributed by atoms with Crippen molar-refractivity contribution in [2.75, 3.05) is 25.0 Å². The summed E-state index contributed by atoms with van der Waals surface area (Å²) in [7, 11) is 1.91. The maximum Gasteiger partial charge on any atom is 0.283 e. The van der Waals surface area contributed by atoms with Gasteiger partial charge in [-0.1, -0.05) is 29.8 Å². The monoisotopic (exact) mass is 333 g/mol. The minimum atomic E-state index is -0.614. The van der Waals surface area contributed by atoms with E-state index in [0.29, 0.717) is 13.1 Å². The fraction of sp³-hybridized carbons (Fsp3) is 0.188. The Labute approximate surface area is 138 Å². The predicted molar refractivity (Wildman–Crippen MR) is 90.2 cm³/mol. The van der Waals surface area contributed by atoms with Crippen molar-refractivity contribution >= 4 is 28.9 Å². The van der Waals surface area contributed by atoms with Crippen molar-refractivity contribution in [2.24, 2.45) is 0 Å². The number of carbonyl (C=O) groups excluding carboxylic acids is 1. The molecule has 6 nitrogen and oxygen atoms in total. The van der Waals surface area contributed by atoms with Gasteiger partial charge in [0.25, 0.3) is 11.6 Å². The lowest BCUT2D eigenvalue weighted by atomic mass is 10.1. The van der Waals surface area contributed by atoms with Crippen molar-refractivity contribution in [1.29, 1.82) is 0 Å². The van der Waals surface area contributed by atoms with Gasteiger partial charge in [0.1, 0.15) is 5.56 Å². The zero-order chi connectivity index (χ0) is 16.8. The Balaban J connectivity index is 1.97. The Bertz CT molecular complexity index is 707. The molecule has 7 heteroatoms. The number of halogens is 1. The van der Waals surface area contributed by atoms with Crippen molar-refractivity contribution in [1.82, 2.24) is 5.32 Å². The topological polar surface area (TPSA) is 75.5 Å². The standard InChI is InChI=1S/C16H16ClN3O3/c1-19(13-5-3-2-4-6-13)10-9-18-16(21)14-8-7-12(17)11-15(14)20(22)23/h2-8,11H,9-10H2,1H3,(H,18,21). The van der Waals surface area contributed by atoms with Gasteiger partial charge in [-0.25, -0.2) is 0 Å². The molecular weight excluding hydrogens is 318 g/mol. The van der Waals surface area contributed by atoms with Crippen LogP contribution in [0.4, 0.5) is 11.4 Å². The van der Waals surface area contributed by atoms with E-state index in [9.17, 15) is 14.9 Å². The second-order valence-corrected chi connectivity index (χ2v) is 5.37. The summed E-state index contributed by atoms with van der Waals surface area (Å²) in [5.41, 5.74) is 0.729. The Morgan fingerprint density at radius 1 is 1.26 bits per heavy atom. The first-order valence-corrected chi connectivity index (χ1v) is 7.35. The SMILES string of the molecule is CN(CCNC(=O)c1ccc(Cl)cc1[N+](=O)[O-])c1ccccc1. The summed E-state index contributed by atoms with van der Waals surface area (Å²) in [6, 6.07) is 13.7. The zero-order valence-electron chi connectivity index (χ0n) is 12.5. The molecule has 0 aliphatic heterocycles. The number of nitro benzene ring substituents is 1. The molecule has 1 N–H and O–H groups in total. The van der Waals surface area contributed by atoms with Crippen molar-refractivity contribution in [3.05, 3.63) is 69.2 Å². The van der Waals surface area contributed by atoms with Crippen LogP contribution in [-0.4, -0.2) is 31.0 Å². The number of hydrogen-bond acceptors (Lipinski definition) is 4. The van der Waals surface area contributed by atoms with Crippen LogP contribution in [0.3, 0.4) is 0 Å². The molecule has 0 aromatic heterocycles. The van der Waals surface area contributed by atoms with E-state index in [1.807, 2.05) is 42.3 Å². The number of hydrogen-bond donors (Lipinski definition) is 1. The average Bonchev–Trinajstić information content (AvgIpc) is 2.55. The highest BCUT2D eigenvalue weighted by Crippen LogP contribution is 2.23. The first-order chi connectivity index (χ1) is 11.0. The van der Waals surface area contributed by atoms with Gasteiger partial charge in [0.05, 0.1) is 4.92 Å². The molecule has 23 heavy (non-hydrogen) atoms. The summed E-state index contributed by atoms with van der Waals surface area (Å²) in [6.07, 6.45) is 0. The third-order valence-corrected chi connectivity index (χ3v) is 3.57. The molecule has 0 fully saturated rings. The number of nitrogens with one attached hydrogen (secondary N) is 1. The molecule has 0 aliphatic carbocycles. The molecule has 0 atom stereocenters. The van der Waals surface area contributed by atoms with Gasteiger partial charge in [-0.15, -0.1) is 0 Å². The van der Waals surface area contributed by atoms with Gasteiger partial charge in [-0.3, -0.25) is 14.9 Å². The van der Waals surface area contributed by atoms with Gasteiger partial charge in [0.2, 0.25) is 0 Å².